The van der Waals surface area contributed by atoms with Gasteiger partial charge in [-0.1, -0.05) is 18.2 Å². The third-order valence-corrected chi connectivity index (χ3v) is 7.28. The minimum absolute atomic E-state index is 0.286. The molecule has 0 saturated carbocycles. The van der Waals surface area contributed by atoms with Gasteiger partial charge in [-0.05, 0) is 44.1 Å². The monoisotopic (exact) mass is 496 g/mol. The number of methoxy groups -OCH3 is 1. The maximum Gasteiger partial charge on any atom is 0.266 e. The number of aromatic nitrogens is 5. The number of nitrogen functional groups attached to an aromatic ring is 1. The predicted molar refractivity (Wildman–Crippen MR) is 143 cm³/mol. The highest BCUT2D eigenvalue weighted by Crippen LogP contribution is 2.41. The number of para-hydroxylation sites is 1. The summed E-state index contributed by atoms with van der Waals surface area (Å²) >= 11 is 0. The van der Waals surface area contributed by atoms with E-state index in [0.717, 1.165) is 64.9 Å². The lowest BCUT2D eigenvalue weighted by Crippen LogP contribution is -2.27. The van der Waals surface area contributed by atoms with Gasteiger partial charge in [-0.25, -0.2) is 14.6 Å². The first kappa shape index (κ1) is 23.0. The molecule has 4 heterocycles. The van der Waals surface area contributed by atoms with Gasteiger partial charge in [0.05, 0.1) is 18.5 Å². The molecule has 0 atom stereocenters. The van der Waals surface area contributed by atoms with Crippen LogP contribution in [0, 0.1) is 0 Å². The van der Waals surface area contributed by atoms with Crippen molar-refractivity contribution in [3.63, 3.8) is 0 Å². The number of benzene rings is 2. The lowest BCUT2D eigenvalue weighted by Gasteiger charge is -2.20. The molecule has 37 heavy (non-hydrogen) atoms. The van der Waals surface area contributed by atoms with Crippen molar-refractivity contribution in [2.75, 3.05) is 25.9 Å². The second-order valence-corrected chi connectivity index (χ2v) is 9.33. The van der Waals surface area contributed by atoms with E-state index in [4.69, 9.17) is 21.3 Å². The molecule has 5 N–H and O–H groups in total. The highest BCUT2D eigenvalue weighted by molar-refractivity contribution is 6.10. The van der Waals surface area contributed by atoms with Crippen LogP contribution in [0.3, 0.4) is 0 Å². The number of hydrogen-bond acceptors (Lipinski definition) is 7. The largest absolute Gasteiger partial charge is 0.496 e. The molecule has 1 saturated heterocycles. The first-order chi connectivity index (χ1) is 18.0. The zero-order valence-electron chi connectivity index (χ0n) is 20.7. The number of rotatable bonds is 5. The van der Waals surface area contributed by atoms with Crippen molar-refractivity contribution < 1.29 is 9.53 Å². The summed E-state index contributed by atoms with van der Waals surface area (Å²) in [4.78, 5) is 21.3. The van der Waals surface area contributed by atoms with Crippen LogP contribution in [0.5, 0.6) is 5.75 Å². The summed E-state index contributed by atoms with van der Waals surface area (Å²) in [5, 5.41) is 9.31. The standard InChI is InChI=1S/C27H28N8O2/c1-34-19-6-4-3-5-17(19)21(24(34)27(29)36)18-8-7-16(13-20(18)37-2)35-25-23(31-14-32-26(25)28)22(33-35)15-9-11-30-12-10-15/h3-8,13-15,30H,9-12H2,1-2H3,(H2,29,36)(H2,28,31,32). The number of amides is 1. The molecule has 6 rings (SSSR count). The quantitative estimate of drug-likeness (QED) is 0.340. The van der Waals surface area contributed by atoms with E-state index in [-0.39, 0.29) is 5.92 Å². The van der Waals surface area contributed by atoms with Crippen LogP contribution in [0.15, 0.2) is 48.8 Å². The zero-order valence-corrected chi connectivity index (χ0v) is 20.7. The average Bonchev–Trinajstić information content (AvgIpc) is 3.46. The zero-order chi connectivity index (χ0) is 25.7. The van der Waals surface area contributed by atoms with E-state index in [1.807, 2.05) is 54.1 Å². The Bertz CT molecular complexity index is 1660. The van der Waals surface area contributed by atoms with Crippen LogP contribution in [0.1, 0.15) is 34.9 Å². The normalized spacial score (nSPS) is 14.4. The lowest BCUT2D eigenvalue weighted by molar-refractivity contribution is 0.0993. The summed E-state index contributed by atoms with van der Waals surface area (Å²) < 4.78 is 9.47. The smallest absolute Gasteiger partial charge is 0.266 e. The Labute approximate surface area is 213 Å². The summed E-state index contributed by atoms with van der Waals surface area (Å²) in [5.74, 6) is 0.730. The van der Waals surface area contributed by atoms with Gasteiger partial charge in [0, 0.05) is 41.1 Å². The van der Waals surface area contributed by atoms with Gasteiger partial charge in [0.25, 0.3) is 5.91 Å². The predicted octanol–water partition coefficient (Wildman–Crippen LogP) is 3.13. The SMILES string of the molecule is COc1cc(-n2nc(C3CCNCC3)c3ncnc(N)c32)ccc1-c1c(C(N)=O)n(C)c2ccccc12. The second-order valence-electron chi connectivity index (χ2n) is 9.33. The van der Waals surface area contributed by atoms with Crippen molar-refractivity contribution in [1.29, 1.82) is 0 Å². The molecule has 188 valence electrons. The molecule has 0 bridgehead atoms. The molecule has 5 aromatic rings. The molecule has 10 heteroatoms. The lowest BCUT2D eigenvalue weighted by atomic mass is 9.94. The van der Waals surface area contributed by atoms with Crippen LogP contribution >= 0.6 is 0 Å². The van der Waals surface area contributed by atoms with E-state index in [0.29, 0.717) is 22.8 Å². The first-order valence-electron chi connectivity index (χ1n) is 12.3. The number of piperidine rings is 1. The first-order valence-corrected chi connectivity index (χ1v) is 12.3. The van der Waals surface area contributed by atoms with E-state index < -0.39 is 5.91 Å². The van der Waals surface area contributed by atoms with E-state index >= 15 is 0 Å². The molecular weight excluding hydrogens is 468 g/mol. The van der Waals surface area contributed by atoms with Crippen LogP contribution < -0.4 is 21.5 Å². The molecule has 0 radical (unpaired) electrons. The number of ether oxygens (including phenoxy) is 1. The average molecular weight is 497 g/mol. The van der Waals surface area contributed by atoms with Gasteiger partial charge in [0.1, 0.15) is 28.8 Å². The van der Waals surface area contributed by atoms with Crippen molar-refractivity contribution in [2.45, 2.75) is 18.8 Å². The van der Waals surface area contributed by atoms with Gasteiger partial charge in [-0.3, -0.25) is 4.79 Å². The molecule has 1 fully saturated rings. The Morgan fingerprint density at radius 3 is 2.68 bits per heavy atom. The van der Waals surface area contributed by atoms with Crippen molar-refractivity contribution in [1.82, 2.24) is 29.6 Å². The van der Waals surface area contributed by atoms with Gasteiger partial charge in [-0.2, -0.15) is 5.10 Å². The molecule has 1 aliphatic heterocycles. The van der Waals surface area contributed by atoms with Crippen molar-refractivity contribution in [3.05, 3.63) is 60.2 Å². The Morgan fingerprint density at radius 1 is 1.14 bits per heavy atom. The molecule has 0 spiro atoms. The van der Waals surface area contributed by atoms with E-state index in [2.05, 4.69) is 15.3 Å². The van der Waals surface area contributed by atoms with Crippen molar-refractivity contribution in [3.8, 4) is 22.6 Å². The minimum Gasteiger partial charge on any atom is -0.496 e. The van der Waals surface area contributed by atoms with E-state index in [1.165, 1.54) is 6.33 Å². The molecule has 2 aromatic carbocycles. The summed E-state index contributed by atoms with van der Waals surface area (Å²) in [6.45, 7) is 1.88. The van der Waals surface area contributed by atoms with E-state index in [9.17, 15) is 4.79 Å². The fourth-order valence-corrected chi connectivity index (χ4v) is 5.52. The maximum atomic E-state index is 12.5. The maximum absolute atomic E-state index is 12.5. The summed E-state index contributed by atoms with van der Waals surface area (Å²) in [6.07, 6.45) is 3.45. The number of anilines is 1. The highest BCUT2D eigenvalue weighted by atomic mass is 16.5. The molecule has 0 unspecified atom stereocenters. The number of hydrogen-bond donors (Lipinski definition) is 3. The van der Waals surface area contributed by atoms with Crippen molar-refractivity contribution >= 4 is 33.7 Å². The number of carbonyl (C=O) groups is 1. The number of fused-ring (bicyclic) bond motifs is 2. The summed E-state index contributed by atoms with van der Waals surface area (Å²) in [6, 6.07) is 13.6. The van der Waals surface area contributed by atoms with Gasteiger partial charge >= 0.3 is 0 Å². The number of carbonyl (C=O) groups excluding carboxylic acids is 1. The van der Waals surface area contributed by atoms with Crippen LogP contribution in [-0.2, 0) is 7.05 Å². The molecule has 1 amide bonds. The fourth-order valence-electron chi connectivity index (χ4n) is 5.52. The van der Waals surface area contributed by atoms with Crippen LogP contribution in [0.25, 0.3) is 38.8 Å². The molecule has 1 aliphatic rings. The second kappa shape index (κ2) is 8.90. The topological polar surface area (TPSA) is 139 Å². The Hall–Kier alpha value is -4.44. The summed E-state index contributed by atoms with van der Waals surface area (Å²) in [5.41, 5.74) is 18.1. The van der Waals surface area contributed by atoms with Crippen LogP contribution in [-0.4, -0.2) is 50.4 Å². The molecule has 0 aliphatic carbocycles. The van der Waals surface area contributed by atoms with Gasteiger partial charge in [0.2, 0.25) is 0 Å². The van der Waals surface area contributed by atoms with Gasteiger partial charge < -0.3 is 26.1 Å². The molecular formula is C27H28N8O2. The highest BCUT2D eigenvalue weighted by Gasteiger charge is 2.26. The number of nitrogens with one attached hydrogen (secondary N) is 1. The minimum atomic E-state index is -0.505. The number of nitrogens with zero attached hydrogens (tertiary/aromatic N) is 5. The third-order valence-electron chi connectivity index (χ3n) is 7.28. The Morgan fingerprint density at radius 2 is 1.92 bits per heavy atom. The Kier molecular flexibility index (Phi) is 5.53. The Balaban J connectivity index is 1.55. The van der Waals surface area contributed by atoms with Gasteiger partial charge in [-0.15, -0.1) is 0 Å². The fraction of sp³-hybridized carbons (Fsp3) is 0.259. The number of primary amides is 1. The molecule has 3 aromatic heterocycles. The van der Waals surface area contributed by atoms with Crippen molar-refractivity contribution in [2.24, 2.45) is 12.8 Å². The molecule has 10 nitrogen and oxygen atoms in total. The number of nitrogens with two attached hydrogens (primary N) is 2. The van der Waals surface area contributed by atoms with Crippen LogP contribution in [0.4, 0.5) is 5.82 Å². The number of aryl methyl sites for hydroxylation is 1. The third kappa shape index (κ3) is 3.60. The summed E-state index contributed by atoms with van der Waals surface area (Å²) in [7, 11) is 3.45. The van der Waals surface area contributed by atoms with Gasteiger partial charge in [0.15, 0.2) is 5.82 Å². The van der Waals surface area contributed by atoms with Crippen LogP contribution in [0.2, 0.25) is 0 Å². The van der Waals surface area contributed by atoms with E-state index in [1.54, 1.807) is 11.8 Å².